The van der Waals surface area contributed by atoms with Crippen molar-refractivity contribution in [3.63, 3.8) is 0 Å². The van der Waals surface area contributed by atoms with E-state index in [4.69, 9.17) is 5.73 Å². The second-order valence-electron chi connectivity index (χ2n) is 3.84. The normalized spacial score (nSPS) is 20.7. The Kier molecular flexibility index (Phi) is 2.43. The highest BCUT2D eigenvalue weighted by Crippen LogP contribution is 2.26. The van der Waals surface area contributed by atoms with E-state index in [0.717, 1.165) is 34.2 Å². The summed E-state index contributed by atoms with van der Waals surface area (Å²) < 4.78 is 2.84. The molecular weight excluding hydrogens is 319 g/mol. The average molecular weight is 330 g/mol. The first-order valence-corrected chi connectivity index (χ1v) is 6.20. The maximum absolute atomic E-state index is 5.84. The summed E-state index contributed by atoms with van der Waals surface area (Å²) in [6, 6.07) is 0.375. The number of fused-ring (bicyclic) bond motifs is 1. The number of anilines is 1. The maximum Gasteiger partial charge on any atom is 0.164 e. The van der Waals surface area contributed by atoms with Gasteiger partial charge in [-0.1, -0.05) is 0 Å². The third-order valence-corrected chi connectivity index (χ3v) is 3.61. The van der Waals surface area contributed by atoms with Crippen molar-refractivity contribution in [1.82, 2.24) is 25.1 Å². The molecule has 16 heavy (non-hydrogen) atoms. The van der Waals surface area contributed by atoms with Crippen molar-refractivity contribution in [3.05, 3.63) is 10.0 Å². The fourth-order valence-corrected chi connectivity index (χ4v) is 2.81. The van der Waals surface area contributed by atoms with Gasteiger partial charge in [0.1, 0.15) is 15.8 Å². The van der Waals surface area contributed by atoms with E-state index in [0.29, 0.717) is 11.9 Å². The van der Waals surface area contributed by atoms with Crippen LogP contribution in [0, 0.1) is 3.70 Å². The average Bonchev–Trinajstić information content (AvgIpc) is 2.86. The molecule has 0 aromatic carbocycles. The van der Waals surface area contributed by atoms with Crippen LogP contribution in [0.25, 0.3) is 11.0 Å². The molecule has 3 heterocycles. The largest absolute Gasteiger partial charge is 0.383 e. The summed E-state index contributed by atoms with van der Waals surface area (Å²) in [6.45, 7) is 1.97. The number of halogens is 1. The Morgan fingerprint density at radius 3 is 3.12 bits per heavy atom. The molecule has 1 saturated heterocycles. The molecule has 3 rings (SSSR count). The van der Waals surface area contributed by atoms with Crippen molar-refractivity contribution >= 4 is 39.4 Å². The number of nitrogens with one attached hydrogen (secondary N) is 1. The molecule has 6 nitrogen and oxygen atoms in total. The number of nitrogens with zero attached hydrogens (tertiary/aromatic N) is 4. The molecule has 1 aliphatic rings. The number of hydrogen-bond acceptors (Lipinski definition) is 5. The predicted molar refractivity (Wildman–Crippen MR) is 69.0 cm³/mol. The summed E-state index contributed by atoms with van der Waals surface area (Å²) in [7, 11) is 0. The van der Waals surface area contributed by atoms with Gasteiger partial charge in [-0.25, -0.2) is 14.6 Å². The Balaban J connectivity index is 2.22. The van der Waals surface area contributed by atoms with E-state index < -0.39 is 0 Å². The van der Waals surface area contributed by atoms with Crippen LogP contribution in [0.3, 0.4) is 0 Å². The number of rotatable bonds is 1. The topological polar surface area (TPSA) is 81.7 Å². The van der Waals surface area contributed by atoms with Gasteiger partial charge in [-0.05, 0) is 35.6 Å². The summed E-state index contributed by atoms with van der Waals surface area (Å²) in [5, 5.41) is 8.71. The van der Waals surface area contributed by atoms with Gasteiger partial charge in [-0.2, -0.15) is 5.10 Å². The number of aromatic nitrogens is 4. The molecule has 1 aliphatic heterocycles. The molecule has 0 amide bonds. The van der Waals surface area contributed by atoms with Crippen LogP contribution < -0.4 is 11.1 Å². The molecule has 84 valence electrons. The van der Waals surface area contributed by atoms with E-state index in [9.17, 15) is 0 Å². The molecule has 0 radical (unpaired) electrons. The molecule has 0 aliphatic carbocycles. The summed E-state index contributed by atoms with van der Waals surface area (Å²) in [6.07, 6.45) is 2.57. The van der Waals surface area contributed by atoms with Gasteiger partial charge < -0.3 is 11.1 Å². The Bertz CT molecular complexity index is 530. The minimum atomic E-state index is 0.375. The first-order valence-electron chi connectivity index (χ1n) is 5.12. The minimum Gasteiger partial charge on any atom is -0.383 e. The number of nitrogens with two attached hydrogens (primary N) is 1. The first kappa shape index (κ1) is 10.2. The molecule has 0 bridgehead atoms. The molecule has 3 N–H and O–H groups in total. The molecule has 7 heteroatoms. The molecular formula is C9H11IN6. The van der Waals surface area contributed by atoms with Crippen molar-refractivity contribution < 1.29 is 0 Å². The highest BCUT2D eigenvalue weighted by atomic mass is 127. The molecule has 0 saturated carbocycles. The monoisotopic (exact) mass is 330 g/mol. The third-order valence-electron chi connectivity index (χ3n) is 2.86. The van der Waals surface area contributed by atoms with E-state index in [2.05, 4.69) is 43.0 Å². The summed E-state index contributed by atoms with van der Waals surface area (Å²) in [5.41, 5.74) is 6.68. The quantitative estimate of drug-likeness (QED) is 0.746. The Morgan fingerprint density at radius 2 is 2.38 bits per heavy atom. The Morgan fingerprint density at radius 1 is 1.50 bits per heavy atom. The van der Waals surface area contributed by atoms with Gasteiger partial charge in [0.05, 0.1) is 11.4 Å². The van der Waals surface area contributed by atoms with E-state index in [1.165, 1.54) is 6.33 Å². The smallest absolute Gasteiger partial charge is 0.164 e. The van der Waals surface area contributed by atoms with Crippen molar-refractivity contribution in [3.8, 4) is 0 Å². The van der Waals surface area contributed by atoms with E-state index in [-0.39, 0.29) is 0 Å². The molecule has 2 aromatic heterocycles. The van der Waals surface area contributed by atoms with Crippen LogP contribution in [0.1, 0.15) is 12.5 Å². The molecule has 2 aromatic rings. The highest BCUT2D eigenvalue weighted by molar-refractivity contribution is 14.1. The lowest BCUT2D eigenvalue weighted by molar-refractivity contribution is 0.500. The van der Waals surface area contributed by atoms with Gasteiger partial charge in [-0.15, -0.1) is 0 Å². The zero-order chi connectivity index (χ0) is 11.1. The lowest BCUT2D eigenvalue weighted by Gasteiger charge is -2.09. The summed E-state index contributed by atoms with van der Waals surface area (Å²) in [5.74, 6) is 0.506. The zero-order valence-corrected chi connectivity index (χ0v) is 10.7. The fraction of sp³-hybridized carbons (Fsp3) is 0.444. The fourth-order valence-electron chi connectivity index (χ4n) is 2.06. The van der Waals surface area contributed by atoms with Crippen LogP contribution in [-0.4, -0.2) is 32.8 Å². The van der Waals surface area contributed by atoms with Gasteiger partial charge in [0, 0.05) is 6.54 Å². The lowest BCUT2D eigenvalue weighted by Crippen LogP contribution is -2.15. The molecule has 1 atom stereocenters. The second kappa shape index (κ2) is 3.81. The van der Waals surface area contributed by atoms with Crippen LogP contribution in [0.5, 0.6) is 0 Å². The predicted octanol–water partition coefficient (Wildman–Crippen LogP) is 0.547. The zero-order valence-electron chi connectivity index (χ0n) is 8.52. The maximum atomic E-state index is 5.84. The Labute approximate surface area is 106 Å². The number of hydrogen-bond donors (Lipinski definition) is 2. The van der Waals surface area contributed by atoms with Crippen molar-refractivity contribution in [1.29, 1.82) is 0 Å². The summed E-state index contributed by atoms with van der Waals surface area (Å²) >= 11 is 2.18. The van der Waals surface area contributed by atoms with E-state index >= 15 is 0 Å². The van der Waals surface area contributed by atoms with Crippen LogP contribution >= 0.6 is 22.6 Å². The lowest BCUT2D eigenvalue weighted by atomic mass is 10.2. The third kappa shape index (κ3) is 1.46. The van der Waals surface area contributed by atoms with Gasteiger partial charge in [-0.3, -0.25) is 0 Å². The van der Waals surface area contributed by atoms with Crippen LogP contribution in [0.2, 0.25) is 0 Å². The van der Waals surface area contributed by atoms with Crippen molar-refractivity contribution in [2.75, 3.05) is 18.8 Å². The van der Waals surface area contributed by atoms with Gasteiger partial charge in [0.2, 0.25) is 0 Å². The van der Waals surface area contributed by atoms with Gasteiger partial charge in [0.15, 0.2) is 5.65 Å². The minimum absolute atomic E-state index is 0.375. The first-order chi connectivity index (χ1) is 7.77. The molecule has 0 unspecified atom stereocenters. The molecule has 0 spiro atoms. The van der Waals surface area contributed by atoms with E-state index in [1.807, 2.05) is 4.68 Å². The van der Waals surface area contributed by atoms with Crippen LogP contribution in [0.4, 0.5) is 5.82 Å². The second-order valence-corrected chi connectivity index (χ2v) is 4.86. The highest BCUT2D eigenvalue weighted by Gasteiger charge is 2.22. The van der Waals surface area contributed by atoms with Crippen LogP contribution in [0.15, 0.2) is 6.33 Å². The van der Waals surface area contributed by atoms with Gasteiger partial charge in [0.25, 0.3) is 0 Å². The SMILES string of the molecule is Nc1ncnc2c1c(I)nn2[C@@H]1CCNC1. The van der Waals surface area contributed by atoms with Crippen molar-refractivity contribution in [2.24, 2.45) is 0 Å². The van der Waals surface area contributed by atoms with Gasteiger partial charge >= 0.3 is 0 Å². The van der Waals surface area contributed by atoms with E-state index in [1.54, 1.807) is 0 Å². The van der Waals surface area contributed by atoms with Crippen molar-refractivity contribution in [2.45, 2.75) is 12.5 Å². The summed E-state index contributed by atoms with van der Waals surface area (Å²) in [4.78, 5) is 8.29. The number of nitrogen functional groups attached to an aromatic ring is 1. The van der Waals surface area contributed by atoms with Crippen LogP contribution in [-0.2, 0) is 0 Å². The molecule has 1 fully saturated rings. The Hall–Kier alpha value is -0.960. The standard InChI is InChI=1S/C9H11IN6/c10-7-6-8(11)13-4-14-9(6)16(15-7)5-1-2-12-3-5/h4-5,12H,1-3H2,(H2,11,13,14)/t5-/m1/s1.